The second kappa shape index (κ2) is 4.70. The first-order valence-electron chi connectivity index (χ1n) is 4.92. The van der Waals surface area contributed by atoms with E-state index in [1.807, 2.05) is 32.9 Å². The summed E-state index contributed by atoms with van der Waals surface area (Å²) in [5.41, 5.74) is 2.02. The maximum Gasteiger partial charge on any atom is 0.0743 e. The average molecular weight is 222 g/mol. The Hall–Kier alpha value is -0.970. The lowest BCUT2D eigenvalue weighted by Gasteiger charge is -2.19. The second-order valence-corrected chi connectivity index (χ2v) is 4.61. The maximum absolute atomic E-state index is 5.95. The van der Waals surface area contributed by atoms with Gasteiger partial charge >= 0.3 is 0 Å². The third kappa shape index (κ3) is 3.58. The van der Waals surface area contributed by atoms with Gasteiger partial charge in [-0.1, -0.05) is 29.7 Å². The van der Waals surface area contributed by atoms with Gasteiger partial charge in [0.1, 0.15) is 0 Å². The van der Waals surface area contributed by atoms with Crippen molar-refractivity contribution in [2.75, 3.05) is 0 Å². The minimum absolute atomic E-state index is 0.270. The summed E-state index contributed by atoms with van der Waals surface area (Å²) in [7, 11) is 0. The Morgan fingerprint density at radius 1 is 1.47 bits per heavy atom. The molecule has 1 aromatic rings. The molecule has 0 saturated carbocycles. The Morgan fingerprint density at radius 2 is 2.13 bits per heavy atom. The Kier molecular flexibility index (Phi) is 3.79. The summed E-state index contributed by atoms with van der Waals surface area (Å²) in [4.78, 5) is 0. The summed E-state index contributed by atoms with van der Waals surface area (Å²) in [5, 5.41) is 4.09. The molecule has 80 valence electrons. The molecule has 0 aliphatic rings. The number of hydrogen-bond acceptors (Lipinski definition) is 1. The Bertz CT molecular complexity index is 388. The number of rotatable bonds is 3. The van der Waals surface area contributed by atoms with Crippen LogP contribution < -0.4 is 5.32 Å². The van der Waals surface area contributed by atoms with E-state index >= 15 is 0 Å². The van der Waals surface area contributed by atoms with Crippen molar-refractivity contribution in [1.82, 2.24) is 5.32 Å². The molecular weight excluding hydrogens is 206 g/mol. The van der Waals surface area contributed by atoms with Crippen molar-refractivity contribution < 1.29 is 0 Å². The molecule has 0 aliphatic carbocycles. The van der Waals surface area contributed by atoms with Crippen LogP contribution in [0.25, 0.3) is 0 Å². The fourth-order valence-electron chi connectivity index (χ4n) is 1.19. The molecule has 0 atom stereocenters. The van der Waals surface area contributed by atoms with Gasteiger partial charge in [-0.15, -0.1) is 6.42 Å². The second-order valence-electron chi connectivity index (χ2n) is 4.21. The van der Waals surface area contributed by atoms with Crippen LogP contribution in [0.5, 0.6) is 0 Å². The molecule has 1 N–H and O–H groups in total. The van der Waals surface area contributed by atoms with E-state index in [4.69, 9.17) is 18.0 Å². The zero-order valence-electron chi connectivity index (χ0n) is 9.39. The quantitative estimate of drug-likeness (QED) is 0.774. The van der Waals surface area contributed by atoms with E-state index in [0.717, 1.165) is 17.1 Å². The number of halogens is 1. The van der Waals surface area contributed by atoms with E-state index in [1.165, 1.54) is 5.56 Å². The normalized spacial score (nSPS) is 11.1. The van der Waals surface area contributed by atoms with Gasteiger partial charge in [-0.2, -0.15) is 0 Å². The molecular formula is C13H16ClN. The standard InChI is InChI=1S/C13H16ClN/c1-5-13(3,4)15-9-11-6-7-12(14)10(2)8-11/h1,6-8,15H,9H2,2-4H3. The summed E-state index contributed by atoms with van der Waals surface area (Å²) in [6.45, 7) is 6.72. The summed E-state index contributed by atoms with van der Waals surface area (Å²) in [6.07, 6.45) is 5.39. The van der Waals surface area contributed by atoms with Crippen LogP contribution in [0, 0.1) is 19.3 Å². The average Bonchev–Trinajstić information content (AvgIpc) is 2.20. The maximum atomic E-state index is 5.95. The van der Waals surface area contributed by atoms with Crippen molar-refractivity contribution in [2.45, 2.75) is 32.9 Å². The van der Waals surface area contributed by atoms with Gasteiger partial charge in [0.15, 0.2) is 0 Å². The van der Waals surface area contributed by atoms with Gasteiger partial charge in [0.25, 0.3) is 0 Å². The topological polar surface area (TPSA) is 12.0 Å². The van der Waals surface area contributed by atoms with Crippen molar-refractivity contribution in [1.29, 1.82) is 0 Å². The molecule has 0 aliphatic heterocycles. The minimum atomic E-state index is -0.270. The zero-order chi connectivity index (χ0) is 11.5. The smallest absolute Gasteiger partial charge is 0.0743 e. The number of nitrogens with one attached hydrogen (secondary N) is 1. The highest BCUT2D eigenvalue weighted by Gasteiger charge is 2.11. The zero-order valence-corrected chi connectivity index (χ0v) is 10.2. The first-order chi connectivity index (χ1) is 6.94. The Labute approximate surface area is 96.8 Å². The van der Waals surface area contributed by atoms with Crippen LogP contribution in [-0.2, 0) is 6.54 Å². The predicted molar refractivity (Wildman–Crippen MR) is 65.9 cm³/mol. The Balaban J connectivity index is 2.67. The van der Waals surface area contributed by atoms with Crippen molar-refractivity contribution in [2.24, 2.45) is 0 Å². The van der Waals surface area contributed by atoms with E-state index in [9.17, 15) is 0 Å². The van der Waals surface area contributed by atoms with Gasteiger partial charge in [0.05, 0.1) is 5.54 Å². The lowest BCUT2D eigenvalue weighted by molar-refractivity contribution is 0.491. The molecule has 1 nitrogen and oxygen atoms in total. The van der Waals surface area contributed by atoms with Gasteiger partial charge in [-0.05, 0) is 38.0 Å². The van der Waals surface area contributed by atoms with E-state index in [0.29, 0.717) is 0 Å². The fraction of sp³-hybridized carbons (Fsp3) is 0.385. The molecule has 0 fully saturated rings. The Morgan fingerprint density at radius 3 is 2.67 bits per heavy atom. The van der Waals surface area contributed by atoms with Gasteiger partial charge in [0, 0.05) is 11.6 Å². The fourth-order valence-corrected chi connectivity index (χ4v) is 1.31. The van der Waals surface area contributed by atoms with E-state index in [-0.39, 0.29) is 5.54 Å². The molecule has 15 heavy (non-hydrogen) atoms. The monoisotopic (exact) mass is 221 g/mol. The molecule has 0 aromatic heterocycles. The van der Waals surface area contributed by atoms with Crippen LogP contribution in [0.1, 0.15) is 25.0 Å². The molecule has 0 saturated heterocycles. The van der Waals surface area contributed by atoms with Crippen LogP contribution in [0.2, 0.25) is 5.02 Å². The highest BCUT2D eigenvalue weighted by Crippen LogP contribution is 2.16. The van der Waals surface area contributed by atoms with Crippen molar-refractivity contribution in [3.05, 3.63) is 34.3 Å². The number of benzene rings is 1. The summed E-state index contributed by atoms with van der Waals surface area (Å²) in [5.74, 6) is 2.70. The van der Waals surface area contributed by atoms with Crippen molar-refractivity contribution >= 4 is 11.6 Å². The summed E-state index contributed by atoms with van der Waals surface area (Å²) in [6, 6.07) is 5.99. The molecule has 0 spiro atoms. The molecule has 0 bridgehead atoms. The van der Waals surface area contributed by atoms with Crippen LogP contribution in [0.3, 0.4) is 0 Å². The SMILES string of the molecule is C#CC(C)(C)NCc1ccc(Cl)c(C)c1. The summed E-state index contributed by atoms with van der Waals surface area (Å²) < 4.78 is 0. The third-order valence-corrected chi connectivity index (χ3v) is 2.74. The molecule has 0 unspecified atom stereocenters. The predicted octanol–water partition coefficient (Wildman–Crippen LogP) is 3.15. The number of aryl methyl sites for hydroxylation is 1. The summed E-state index contributed by atoms with van der Waals surface area (Å²) >= 11 is 5.95. The number of hydrogen-bond donors (Lipinski definition) is 1. The van der Waals surface area contributed by atoms with Crippen LogP contribution in [0.15, 0.2) is 18.2 Å². The lowest BCUT2D eigenvalue weighted by atomic mass is 10.1. The largest absolute Gasteiger partial charge is 0.298 e. The van der Waals surface area contributed by atoms with Gasteiger partial charge in [-0.25, -0.2) is 0 Å². The van der Waals surface area contributed by atoms with E-state index in [1.54, 1.807) is 0 Å². The van der Waals surface area contributed by atoms with Gasteiger partial charge in [-0.3, -0.25) is 5.32 Å². The van der Waals surface area contributed by atoms with Gasteiger partial charge in [0.2, 0.25) is 0 Å². The molecule has 2 heteroatoms. The third-order valence-electron chi connectivity index (χ3n) is 2.32. The molecule has 0 amide bonds. The minimum Gasteiger partial charge on any atom is -0.298 e. The van der Waals surface area contributed by atoms with E-state index < -0.39 is 0 Å². The van der Waals surface area contributed by atoms with Crippen molar-refractivity contribution in [3.63, 3.8) is 0 Å². The van der Waals surface area contributed by atoms with Crippen molar-refractivity contribution in [3.8, 4) is 12.3 Å². The molecule has 1 rings (SSSR count). The van der Waals surface area contributed by atoms with Crippen LogP contribution in [-0.4, -0.2) is 5.54 Å². The van der Waals surface area contributed by atoms with E-state index in [2.05, 4.69) is 17.3 Å². The van der Waals surface area contributed by atoms with Crippen LogP contribution in [0.4, 0.5) is 0 Å². The first-order valence-corrected chi connectivity index (χ1v) is 5.30. The highest BCUT2D eigenvalue weighted by molar-refractivity contribution is 6.31. The molecule has 1 aromatic carbocycles. The number of terminal acetylenes is 1. The van der Waals surface area contributed by atoms with Crippen LogP contribution >= 0.6 is 11.6 Å². The van der Waals surface area contributed by atoms with Gasteiger partial charge < -0.3 is 0 Å². The first kappa shape index (κ1) is 12.1. The molecule has 0 heterocycles. The lowest BCUT2D eigenvalue weighted by Crippen LogP contribution is -2.36. The molecule has 0 radical (unpaired) electrons. The highest BCUT2D eigenvalue weighted by atomic mass is 35.5.